The Hall–Kier alpha value is -2.28. The molecule has 2 aromatic heterocycles. The summed E-state index contributed by atoms with van der Waals surface area (Å²) in [6.07, 6.45) is 8.90. The molecule has 1 saturated heterocycles. The summed E-state index contributed by atoms with van der Waals surface area (Å²) in [5, 5.41) is 13.7. The van der Waals surface area contributed by atoms with E-state index < -0.39 is 5.41 Å². The highest BCUT2D eigenvalue weighted by molar-refractivity contribution is 6.33. The van der Waals surface area contributed by atoms with Gasteiger partial charge in [0.25, 0.3) is 0 Å². The monoisotopic (exact) mass is 555 g/mol. The molecule has 2 fully saturated rings. The van der Waals surface area contributed by atoms with Crippen molar-refractivity contribution >= 4 is 17.4 Å². The van der Waals surface area contributed by atoms with Gasteiger partial charge in [0, 0.05) is 70.6 Å². The topological polar surface area (TPSA) is 92.5 Å². The van der Waals surface area contributed by atoms with Gasteiger partial charge in [0.05, 0.1) is 35.4 Å². The van der Waals surface area contributed by atoms with E-state index in [2.05, 4.69) is 27.3 Å². The summed E-state index contributed by atoms with van der Waals surface area (Å²) in [7, 11) is 3.52. The third kappa shape index (κ3) is 8.36. The molecule has 1 aliphatic heterocycles. The Kier molecular flexibility index (Phi) is 11.4. The first-order chi connectivity index (χ1) is 19.1. The van der Waals surface area contributed by atoms with E-state index in [1.54, 1.807) is 20.4 Å². The predicted octanol–water partition coefficient (Wildman–Crippen LogP) is 5.23. The van der Waals surface area contributed by atoms with E-state index in [9.17, 15) is 5.26 Å². The average Bonchev–Trinajstić information content (AvgIpc) is 2.98. The van der Waals surface area contributed by atoms with Crippen molar-refractivity contribution in [2.45, 2.75) is 51.0 Å². The molecule has 9 heteroatoms. The molecule has 0 atom stereocenters. The van der Waals surface area contributed by atoms with Gasteiger partial charge in [0.2, 0.25) is 0 Å². The summed E-state index contributed by atoms with van der Waals surface area (Å²) in [6.45, 7) is 5.20. The minimum atomic E-state index is -0.416. The molecule has 8 nitrogen and oxygen atoms in total. The van der Waals surface area contributed by atoms with Crippen molar-refractivity contribution in [3.8, 4) is 17.3 Å². The quantitative estimate of drug-likeness (QED) is 0.359. The smallest absolute Gasteiger partial charge is 0.126 e. The van der Waals surface area contributed by atoms with Crippen LogP contribution in [0.5, 0.6) is 0 Å². The van der Waals surface area contributed by atoms with Crippen LogP contribution in [0, 0.1) is 22.7 Å². The second-order valence-electron chi connectivity index (χ2n) is 10.8. The first kappa shape index (κ1) is 29.7. The number of nitrogens with one attached hydrogen (secondary N) is 1. The minimum absolute atomic E-state index is 0.416. The Balaban J connectivity index is 1.37. The molecule has 1 saturated carbocycles. The van der Waals surface area contributed by atoms with Gasteiger partial charge in [-0.05, 0) is 69.1 Å². The summed E-state index contributed by atoms with van der Waals surface area (Å²) in [5.41, 5.74) is 2.34. The van der Waals surface area contributed by atoms with E-state index in [0.717, 1.165) is 68.3 Å². The molecule has 1 N–H and O–H groups in total. The molecule has 0 amide bonds. The van der Waals surface area contributed by atoms with Crippen LogP contribution in [0.2, 0.25) is 5.02 Å². The van der Waals surface area contributed by atoms with Crippen LogP contribution in [0.25, 0.3) is 11.3 Å². The third-order valence-electron chi connectivity index (χ3n) is 8.23. The second-order valence-corrected chi connectivity index (χ2v) is 11.2. The lowest BCUT2D eigenvalue weighted by atomic mass is 9.82. The van der Waals surface area contributed by atoms with Crippen LogP contribution in [0.3, 0.4) is 0 Å². The van der Waals surface area contributed by atoms with Gasteiger partial charge in [0.15, 0.2) is 0 Å². The highest BCUT2D eigenvalue weighted by Gasteiger charge is 2.32. The molecule has 0 spiro atoms. The summed E-state index contributed by atoms with van der Waals surface area (Å²) in [6, 6.07) is 11.1. The van der Waals surface area contributed by atoms with Crippen LogP contribution in [-0.4, -0.2) is 81.2 Å². The largest absolute Gasteiger partial charge is 0.383 e. The zero-order valence-electron chi connectivity index (χ0n) is 23.3. The molecule has 0 aromatic carbocycles. The number of hydrogen-bond acceptors (Lipinski definition) is 8. The van der Waals surface area contributed by atoms with Crippen molar-refractivity contribution in [2.24, 2.45) is 11.3 Å². The van der Waals surface area contributed by atoms with Crippen molar-refractivity contribution in [2.75, 3.05) is 65.6 Å². The molecular formula is C30H42ClN5O3. The lowest BCUT2D eigenvalue weighted by molar-refractivity contribution is 0.0455. The van der Waals surface area contributed by atoms with E-state index >= 15 is 0 Å². The molecule has 0 radical (unpaired) electrons. The van der Waals surface area contributed by atoms with Crippen molar-refractivity contribution in [1.29, 1.82) is 5.26 Å². The summed E-state index contributed by atoms with van der Waals surface area (Å²) in [4.78, 5) is 12.0. The number of halogens is 1. The normalized spacial score (nSPS) is 21.0. The Morgan fingerprint density at radius 3 is 2.51 bits per heavy atom. The van der Waals surface area contributed by atoms with E-state index in [4.69, 9.17) is 30.8 Å². The number of aromatic nitrogens is 2. The zero-order chi connectivity index (χ0) is 27.5. The van der Waals surface area contributed by atoms with Crippen LogP contribution < -0.4 is 5.32 Å². The van der Waals surface area contributed by atoms with Crippen molar-refractivity contribution < 1.29 is 14.2 Å². The minimum Gasteiger partial charge on any atom is -0.383 e. The standard InChI is InChI=1S/C30H42ClN5O3/c1-37-16-12-36(13-17-38-2)25-8-6-23(7-9-25)18-24-19-26(27(31)20-33-24)28-4-3-5-29(35-28)34-22-30(21-32)10-14-39-15-11-30/h3-5,19-20,23,25H,6-18,22H2,1-2H3,(H,34,35). The molecule has 212 valence electrons. The van der Waals surface area contributed by atoms with Gasteiger partial charge in [-0.15, -0.1) is 0 Å². The first-order valence-corrected chi connectivity index (χ1v) is 14.5. The van der Waals surface area contributed by atoms with Crippen LogP contribution in [0.4, 0.5) is 5.82 Å². The van der Waals surface area contributed by atoms with Gasteiger partial charge in [0.1, 0.15) is 5.82 Å². The summed E-state index contributed by atoms with van der Waals surface area (Å²) in [5.74, 6) is 1.35. The number of pyridine rings is 2. The molecule has 39 heavy (non-hydrogen) atoms. The van der Waals surface area contributed by atoms with Gasteiger partial charge >= 0.3 is 0 Å². The molecule has 0 unspecified atom stereocenters. The number of rotatable bonds is 13. The fraction of sp³-hybridized carbons (Fsp3) is 0.633. The fourth-order valence-corrected chi connectivity index (χ4v) is 5.93. The van der Waals surface area contributed by atoms with E-state index in [-0.39, 0.29) is 0 Å². The SMILES string of the molecule is COCCN(CCOC)C1CCC(Cc2cc(-c3cccc(NCC4(C#N)CCOCC4)n3)c(Cl)cn2)CC1. The van der Waals surface area contributed by atoms with Crippen LogP contribution in [0.15, 0.2) is 30.5 Å². The summed E-state index contributed by atoms with van der Waals surface area (Å²) >= 11 is 6.60. The van der Waals surface area contributed by atoms with Crippen LogP contribution in [-0.2, 0) is 20.6 Å². The van der Waals surface area contributed by atoms with Gasteiger partial charge < -0.3 is 19.5 Å². The van der Waals surface area contributed by atoms with Crippen molar-refractivity contribution in [1.82, 2.24) is 14.9 Å². The Bertz CT molecular complexity index is 1070. The van der Waals surface area contributed by atoms with E-state index in [1.165, 1.54) is 25.7 Å². The fourth-order valence-electron chi connectivity index (χ4n) is 5.73. The molecule has 2 aliphatic rings. The lowest BCUT2D eigenvalue weighted by Gasteiger charge is -2.36. The van der Waals surface area contributed by atoms with Crippen molar-refractivity contribution in [3.05, 3.63) is 41.2 Å². The molecule has 4 rings (SSSR count). The highest BCUT2D eigenvalue weighted by Crippen LogP contribution is 2.33. The Morgan fingerprint density at radius 1 is 1.13 bits per heavy atom. The van der Waals surface area contributed by atoms with Gasteiger partial charge in [-0.25, -0.2) is 4.98 Å². The van der Waals surface area contributed by atoms with Crippen LogP contribution in [0.1, 0.15) is 44.2 Å². The lowest BCUT2D eigenvalue weighted by Crippen LogP contribution is -2.42. The molecule has 0 bridgehead atoms. The maximum absolute atomic E-state index is 9.76. The van der Waals surface area contributed by atoms with Crippen LogP contribution >= 0.6 is 11.6 Å². The number of hydrogen-bond donors (Lipinski definition) is 1. The number of nitriles is 1. The number of anilines is 1. The highest BCUT2D eigenvalue weighted by atomic mass is 35.5. The Morgan fingerprint density at radius 2 is 1.85 bits per heavy atom. The first-order valence-electron chi connectivity index (χ1n) is 14.1. The summed E-state index contributed by atoms with van der Waals surface area (Å²) < 4.78 is 16.1. The maximum Gasteiger partial charge on any atom is 0.126 e. The number of methoxy groups -OCH3 is 2. The molecule has 1 aliphatic carbocycles. The molecule has 2 aromatic rings. The van der Waals surface area contributed by atoms with Gasteiger partial charge in [-0.3, -0.25) is 9.88 Å². The van der Waals surface area contributed by atoms with E-state index in [0.29, 0.717) is 36.7 Å². The average molecular weight is 556 g/mol. The third-order valence-corrected chi connectivity index (χ3v) is 8.53. The van der Waals surface area contributed by atoms with Crippen molar-refractivity contribution in [3.63, 3.8) is 0 Å². The maximum atomic E-state index is 9.76. The molecular weight excluding hydrogens is 514 g/mol. The van der Waals surface area contributed by atoms with Gasteiger partial charge in [-0.2, -0.15) is 5.26 Å². The molecule has 3 heterocycles. The second kappa shape index (κ2) is 14.9. The zero-order valence-corrected chi connectivity index (χ0v) is 24.1. The predicted molar refractivity (Wildman–Crippen MR) is 154 cm³/mol. The number of ether oxygens (including phenoxy) is 3. The van der Waals surface area contributed by atoms with E-state index in [1.807, 2.05) is 18.2 Å². The number of nitrogens with zero attached hydrogens (tertiary/aromatic N) is 4. The Labute approximate surface area is 238 Å². The van der Waals surface area contributed by atoms with Gasteiger partial charge in [-0.1, -0.05) is 17.7 Å².